The molecule has 0 aliphatic carbocycles. The summed E-state index contributed by atoms with van der Waals surface area (Å²) in [5, 5.41) is 2.74. The van der Waals surface area contributed by atoms with E-state index in [9.17, 15) is 4.79 Å². The average molecular weight is 220 g/mol. The van der Waals surface area contributed by atoms with E-state index in [4.69, 9.17) is 4.42 Å². The average Bonchev–Trinajstić information content (AvgIpc) is 2.71. The second kappa shape index (κ2) is 5.99. The highest BCUT2D eigenvalue weighted by Crippen LogP contribution is 2.17. The van der Waals surface area contributed by atoms with Gasteiger partial charge in [0.15, 0.2) is 0 Å². The molecule has 1 heterocycles. The van der Waals surface area contributed by atoms with Gasteiger partial charge in [0.25, 0.3) is 5.91 Å². The van der Waals surface area contributed by atoms with Crippen LogP contribution in [0.5, 0.6) is 0 Å². The molecule has 1 unspecified atom stereocenters. The summed E-state index contributed by atoms with van der Waals surface area (Å²) in [6.07, 6.45) is 1.62. The molecule has 86 valence electrons. The summed E-state index contributed by atoms with van der Waals surface area (Å²) < 4.78 is 5.32. The molecule has 1 rings (SSSR count). The first-order valence-electron chi connectivity index (χ1n) is 5.05. The maximum atomic E-state index is 11.2. The Hall–Kier alpha value is -1.73. The van der Waals surface area contributed by atoms with Gasteiger partial charge in [-0.3, -0.25) is 9.69 Å². The van der Waals surface area contributed by atoms with Crippen molar-refractivity contribution in [3.8, 4) is 11.8 Å². The Balaban J connectivity index is 2.59. The van der Waals surface area contributed by atoms with Gasteiger partial charge < -0.3 is 9.73 Å². The molecule has 0 saturated carbocycles. The molecule has 1 aromatic heterocycles. The number of nitrogens with one attached hydrogen (secondary N) is 1. The maximum absolute atomic E-state index is 11.2. The number of carbonyl (C=O) groups is 1. The summed E-state index contributed by atoms with van der Waals surface area (Å²) in [4.78, 5) is 13.2. The first kappa shape index (κ1) is 12.3. The van der Waals surface area contributed by atoms with Gasteiger partial charge in [-0.05, 0) is 39.1 Å². The van der Waals surface area contributed by atoms with Crippen LogP contribution in [-0.4, -0.2) is 31.4 Å². The van der Waals surface area contributed by atoms with Gasteiger partial charge in [-0.15, -0.1) is 0 Å². The summed E-state index contributed by atoms with van der Waals surface area (Å²) in [5.74, 6) is 5.56. The summed E-state index contributed by atoms with van der Waals surface area (Å²) >= 11 is 0. The molecule has 0 saturated heterocycles. The predicted molar refractivity (Wildman–Crippen MR) is 61.6 cm³/mol. The second-order valence-corrected chi connectivity index (χ2v) is 3.58. The van der Waals surface area contributed by atoms with E-state index in [2.05, 4.69) is 17.2 Å². The van der Waals surface area contributed by atoms with Gasteiger partial charge in [-0.25, -0.2) is 0 Å². The van der Waals surface area contributed by atoms with Gasteiger partial charge in [-0.1, -0.05) is 5.92 Å². The molecule has 1 aromatic rings. The smallest absolute Gasteiger partial charge is 0.295 e. The third-order valence-corrected chi connectivity index (χ3v) is 2.19. The molecule has 1 N–H and O–H groups in total. The highest BCUT2D eigenvalue weighted by atomic mass is 16.3. The van der Waals surface area contributed by atoms with Crippen LogP contribution in [0.1, 0.15) is 18.7 Å². The summed E-state index contributed by atoms with van der Waals surface area (Å²) in [7, 11) is 3.87. The third kappa shape index (κ3) is 3.44. The molecule has 0 aliphatic rings. The van der Waals surface area contributed by atoms with Crippen LogP contribution < -0.4 is 5.32 Å². The van der Waals surface area contributed by atoms with Crippen molar-refractivity contribution in [1.29, 1.82) is 0 Å². The summed E-state index contributed by atoms with van der Waals surface area (Å²) in [6.45, 7) is 2.11. The van der Waals surface area contributed by atoms with Crippen LogP contribution in [0.4, 0.5) is 0 Å². The van der Waals surface area contributed by atoms with Crippen LogP contribution in [0.2, 0.25) is 0 Å². The Morgan fingerprint density at radius 2 is 2.38 bits per heavy atom. The molecule has 0 aliphatic heterocycles. The number of furan rings is 1. The van der Waals surface area contributed by atoms with Gasteiger partial charge in [0.2, 0.25) is 0 Å². The molecular formula is C12H16N2O2. The maximum Gasteiger partial charge on any atom is 0.295 e. The van der Waals surface area contributed by atoms with Crippen LogP contribution in [0.15, 0.2) is 22.8 Å². The van der Waals surface area contributed by atoms with Gasteiger partial charge in [0.1, 0.15) is 5.76 Å². The highest BCUT2D eigenvalue weighted by molar-refractivity contribution is 5.93. The highest BCUT2D eigenvalue weighted by Gasteiger charge is 2.17. The van der Waals surface area contributed by atoms with Crippen molar-refractivity contribution in [2.24, 2.45) is 0 Å². The minimum atomic E-state index is -0.263. The lowest BCUT2D eigenvalue weighted by Gasteiger charge is -2.21. The van der Waals surface area contributed by atoms with Crippen molar-refractivity contribution in [3.05, 3.63) is 24.2 Å². The van der Waals surface area contributed by atoms with Crippen molar-refractivity contribution in [2.75, 3.05) is 20.6 Å². The fourth-order valence-corrected chi connectivity index (χ4v) is 1.37. The Morgan fingerprint density at radius 3 is 2.88 bits per heavy atom. The zero-order chi connectivity index (χ0) is 12.0. The quantitative estimate of drug-likeness (QED) is 0.771. The zero-order valence-corrected chi connectivity index (χ0v) is 9.78. The topological polar surface area (TPSA) is 45.5 Å². The lowest BCUT2D eigenvalue weighted by Crippen LogP contribution is -2.33. The first-order valence-corrected chi connectivity index (χ1v) is 5.05. The minimum Gasteiger partial charge on any atom is -0.468 e. The predicted octanol–water partition coefficient (Wildman–Crippen LogP) is 1.02. The van der Waals surface area contributed by atoms with Crippen molar-refractivity contribution in [3.63, 3.8) is 0 Å². The van der Waals surface area contributed by atoms with E-state index in [0.29, 0.717) is 6.54 Å². The molecule has 0 bridgehead atoms. The van der Waals surface area contributed by atoms with E-state index in [1.54, 1.807) is 13.2 Å². The Morgan fingerprint density at radius 1 is 1.62 bits per heavy atom. The largest absolute Gasteiger partial charge is 0.468 e. The number of likely N-dealkylation sites (N-methyl/N-ethyl adjacent to an activating group) is 1. The van der Waals surface area contributed by atoms with Gasteiger partial charge >= 0.3 is 0 Å². The molecule has 0 fully saturated rings. The molecule has 0 radical (unpaired) electrons. The minimum absolute atomic E-state index is 0.0256. The SMILES string of the molecule is CC#CC(=O)NCC(c1ccco1)N(C)C. The van der Waals surface area contributed by atoms with Crippen molar-refractivity contribution in [1.82, 2.24) is 10.2 Å². The van der Waals surface area contributed by atoms with E-state index in [0.717, 1.165) is 5.76 Å². The molecule has 16 heavy (non-hydrogen) atoms. The van der Waals surface area contributed by atoms with Crippen LogP contribution in [0.3, 0.4) is 0 Å². The van der Waals surface area contributed by atoms with Crippen LogP contribution in [-0.2, 0) is 4.79 Å². The van der Waals surface area contributed by atoms with E-state index >= 15 is 0 Å². The van der Waals surface area contributed by atoms with Gasteiger partial charge in [0, 0.05) is 6.54 Å². The second-order valence-electron chi connectivity index (χ2n) is 3.58. The van der Waals surface area contributed by atoms with E-state index in [1.165, 1.54) is 0 Å². The first-order chi connectivity index (χ1) is 7.65. The Bertz CT molecular complexity index is 385. The lowest BCUT2D eigenvalue weighted by molar-refractivity contribution is -0.115. The van der Waals surface area contributed by atoms with E-state index in [-0.39, 0.29) is 11.9 Å². The van der Waals surface area contributed by atoms with E-state index in [1.807, 2.05) is 31.1 Å². The van der Waals surface area contributed by atoms with Crippen LogP contribution in [0.25, 0.3) is 0 Å². The molecule has 4 heteroatoms. The molecule has 4 nitrogen and oxygen atoms in total. The van der Waals surface area contributed by atoms with Crippen molar-refractivity contribution < 1.29 is 9.21 Å². The van der Waals surface area contributed by atoms with Gasteiger partial charge in [-0.2, -0.15) is 0 Å². The zero-order valence-electron chi connectivity index (χ0n) is 9.78. The van der Waals surface area contributed by atoms with Crippen molar-refractivity contribution >= 4 is 5.91 Å². The number of nitrogens with zero attached hydrogens (tertiary/aromatic N) is 1. The number of carbonyl (C=O) groups excluding carboxylic acids is 1. The fraction of sp³-hybridized carbons (Fsp3) is 0.417. The number of hydrogen-bond donors (Lipinski definition) is 1. The Labute approximate surface area is 95.6 Å². The number of amides is 1. The third-order valence-electron chi connectivity index (χ3n) is 2.19. The van der Waals surface area contributed by atoms with Gasteiger partial charge in [0.05, 0.1) is 12.3 Å². The van der Waals surface area contributed by atoms with Crippen molar-refractivity contribution in [2.45, 2.75) is 13.0 Å². The van der Waals surface area contributed by atoms with E-state index < -0.39 is 0 Å². The number of rotatable bonds is 4. The number of hydrogen-bond acceptors (Lipinski definition) is 3. The summed E-state index contributed by atoms with van der Waals surface area (Å²) in [5.41, 5.74) is 0. The molecular weight excluding hydrogens is 204 g/mol. The molecule has 0 aromatic carbocycles. The fourth-order valence-electron chi connectivity index (χ4n) is 1.37. The van der Waals surface area contributed by atoms with Crippen LogP contribution in [0, 0.1) is 11.8 Å². The summed E-state index contributed by atoms with van der Waals surface area (Å²) in [6, 6.07) is 3.75. The molecule has 1 atom stereocenters. The molecule has 1 amide bonds. The van der Waals surface area contributed by atoms with Crippen LogP contribution >= 0.6 is 0 Å². The Kier molecular flexibility index (Phi) is 4.62. The monoisotopic (exact) mass is 220 g/mol. The standard InChI is InChI=1S/C12H16N2O2/c1-4-6-12(15)13-9-10(14(2)3)11-7-5-8-16-11/h5,7-8,10H,9H2,1-3H3,(H,13,15). The molecule has 0 spiro atoms. The lowest BCUT2D eigenvalue weighted by atomic mass is 10.2. The normalized spacial score (nSPS) is 11.8.